The summed E-state index contributed by atoms with van der Waals surface area (Å²) in [6, 6.07) is 16.6. The van der Waals surface area contributed by atoms with Gasteiger partial charge in [0.05, 0.1) is 11.2 Å². The van der Waals surface area contributed by atoms with E-state index in [9.17, 15) is 4.79 Å². The van der Waals surface area contributed by atoms with Gasteiger partial charge in [-0.15, -0.1) is 0 Å². The molecule has 138 valence electrons. The van der Waals surface area contributed by atoms with Crippen molar-refractivity contribution in [2.75, 3.05) is 6.61 Å². The lowest BCUT2D eigenvalue weighted by Crippen LogP contribution is -2.24. The second-order valence-corrected chi connectivity index (χ2v) is 6.42. The van der Waals surface area contributed by atoms with Crippen molar-refractivity contribution in [2.24, 2.45) is 5.10 Å². The molecule has 27 heavy (non-hydrogen) atoms. The summed E-state index contributed by atoms with van der Waals surface area (Å²) < 4.78 is 11.1. The number of hydrazone groups is 1. The molecule has 1 heterocycles. The topological polar surface area (TPSA) is 63.8 Å². The van der Waals surface area contributed by atoms with Gasteiger partial charge in [-0.3, -0.25) is 4.79 Å². The fourth-order valence-electron chi connectivity index (χ4n) is 2.38. The highest BCUT2D eigenvalue weighted by Gasteiger charge is 2.07. The second-order valence-electron chi connectivity index (χ2n) is 6.01. The molecule has 0 saturated heterocycles. The third kappa shape index (κ3) is 4.99. The molecule has 2 aromatic carbocycles. The van der Waals surface area contributed by atoms with Crippen molar-refractivity contribution in [3.05, 3.63) is 76.5 Å². The average Bonchev–Trinajstić information content (AvgIpc) is 3.12. The van der Waals surface area contributed by atoms with Gasteiger partial charge in [-0.05, 0) is 61.4 Å². The Bertz CT molecular complexity index is 979. The first-order valence-electron chi connectivity index (χ1n) is 8.39. The zero-order valence-electron chi connectivity index (χ0n) is 15.0. The fraction of sp³-hybridized carbons (Fsp3) is 0.143. The number of benzene rings is 2. The van der Waals surface area contributed by atoms with Crippen LogP contribution in [0.15, 0.2) is 64.1 Å². The fourth-order valence-corrected chi connectivity index (χ4v) is 2.61. The molecule has 0 bridgehead atoms. The van der Waals surface area contributed by atoms with E-state index in [-0.39, 0.29) is 12.5 Å². The average molecular weight is 383 g/mol. The van der Waals surface area contributed by atoms with Crippen molar-refractivity contribution < 1.29 is 13.9 Å². The highest BCUT2D eigenvalue weighted by Crippen LogP contribution is 2.28. The largest absolute Gasteiger partial charge is 0.484 e. The first kappa shape index (κ1) is 18.7. The molecule has 0 spiro atoms. The minimum Gasteiger partial charge on any atom is -0.484 e. The van der Waals surface area contributed by atoms with Crippen molar-refractivity contribution in [2.45, 2.75) is 13.8 Å². The van der Waals surface area contributed by atoms with Crippen LogP contribution in [0.4, 0.5) is 0 Å². The van der Waals surface area contributed by atoms with E-state index in [2.05, 4.69) is 10.5 Å². The van der Waals surface area contributed by atoms with Gasteiger partial charge in [0.25, 0.3) is 5.91 Å². The maximum absolute atomic E-state index is 11.8. The molecule has 1 aromatic heterocycles. The number of carbonyl (C=O) groups excluding carboxylic acids is 1. The zero-order valence-corrected chi connectivity index (χ0v) is 15.8. The molecule has 5 nitrogen and oxygen atoms in total. The first-order chi connectivity index (χ1) is 13.0. The van der Waals surface area contributed by atoms with Crippen molar-refractivity contribution in [3.8, 4) is 17.1 Å². The summed E-state index contributed by atoms with van der Waals surface area (Å²) in [5, 5.41) is 4.49. The summed E-state index contributed by atoms with van der Waals surface area (Å²) in [6.07, 6.45) is 1.42. The molecule has 3 aromatic rings. The van der Waals surface area contributed by atoms with Crippen LogP contribution in [0.1, 0.15) is 16.9 Å². The number of rotatable bonds is 6. The van der Waals surface area contributed by atoms with Crippen LogP contribution in [0.2, 0.25) is 5.02 Å². The molecule has 0 radical (unpaired) electrons. The van der Waals surface area contributed by atoms with Gasteiger partial charge in [0.2, 0.25) is 0 Å². The Labute approximate surface area is 162 Å². The molecule has 6 heteroatoms. The van der Waals surface area contributed by atoms with E-state index in [1.165, 1.54) is 11.8 Å². The number of nitrogens with zero attached hydrogens (tertiary/aromatic N) is 1. The molecule has 0 aliphatic rings. The molecule has 1 N–H and O–H groups in total. The van der Waals surface area contributed by atoms with Crippen molar-refractivity contribution >= 4 is 23.7 Å². The van der Waals surface area contributed by atoms with Crippen LogP contribution in [-0.2, 0) is 4.79 Å². The zero-order chi connectivity index (χ0) is 19.2. The van der Waals surface area contributed by atoms with Gasteiger partial charge in [0, 0.05) is 5.56 Å². The van der Waals surface area contributed by atoms with E-state index in [0.717, 1.165) is 11.1 Å². The molecule has 0 aliphatic heterocycles. The number of amides is 1. The summed E-state index contributed by atoms with van der Waals surface area (Å²) in [7, 11) is 0. The highest BCUT2D eigenvalue weighted by molar-refractivity contribution is 6.33. The van der Waals surface area contributed by atoms with Crippen LogP contribution in [0.25, 0.3) is 11.3 Å². The Morgan fingerprint density at radius 3 is 2.74 bits per heavy atom. The number of carbonyl (C=O) groups is 1. The normalized spacial score (nSPS) is 10.9. The van der Waals surface area contributed by atoms with Crippen LogP contribution < -0.4 is 10.2 Å². The predicted octanol–water partition coefficient (Wildman–Crippen LogP) is 4.75. The third-order valence-electron chi connectivity index (χ3n) is 4.00. The molecule has 0 unspecified atom stereocenters. The van der Waals surface area contributed by atoms with E-state index in [4.69, 9.17) is 20.8 Å². The lowest BCUT2D eigenvalue weighted by Gasteiger charge is -2.07. The lowest BCUT2D eigenvalue weighted by atomic mass is 10.1. The Balaban J connectivity index is 1.52. The Kier molecular flexibility index (Phi) is 5.94. The summed E-state index contributed by atoms with van der Waals surface area (Å²) in [5.41, 5.74) is 5.48. The quantitative estimate of drug-likeness (QED) is 0.494. The van der Waals surface area contributed by atoms with Crippen LogP contribution in [-0.4, -0.2) is 18.7 Å². The van der Waals surface area contributed by atoms with Gasteiger partial charge in [0.1, 0.15) is 17.3 Å². The summed E-state index contributed by atoms with van der Waals surface area (Å²) in [6.45, 7) is 3.89. The lowest BCUT2D eigenvalue weighted by molar-refractivity contribution is -0.123. The summed E-state index contributed by atoms with van der Waals surface area (Å²) >= 11 is 6.15. The molecule has 1 amide bonds. The van der Waals surface area contributed by atoms with Crippen LogP contribution in [0.5, 0.6) is 5.75 Å². The summed E-state index contributed by atoms with van der Waals surface area (Å²) in [4.78, 5) is 11.8. The standard InChI is InChI=1S/C21H19ClN2O3/c1-14-7-8-16(11-15(14)2)26-13-21(25)24-23-12-17-9-10-20(27-17)18-5-3-4-6-19(18)22/h3-12H,13H2,1-2H3,(H,24,25)/b23-12-. The van der Waals surface area contributed by atoms with Gasteiger partial charge in [-0.2, -0.15) is 5.10 Å². The number of nitrogens with one attached hydrogen (secondary N) is 1. The van der Waals surface area contributed by atoms with Gasteiger partial charge in [-0.25, -0.2) is 5.43 Å². The predicted molar refractivity (Wildman–Crippen MR) is 106 cm³/mol. The van der Waals surface area contributed by atoms with Crippen molar-refractivity contribution in [1.29, 1.82) is 0 Å². The molecular weight excluding hydrogens is 364 g/mol. The van der Waals surface area contributed by atoms with E-state index < -0.39 is 0 Å². The molecular formula is C21H19ClN2O3. The van der Waals surface area contributed by atoms with E-state index in [1.54, 1.807) is 18.2 Å². The maximum Gasteiger partial charge on any atom is 0.277 e. The van der Waals surface area contributed by atoms with Crippen LogP contribution in [0.3, 0.4) is 0 Å². The highest BCUT2D eigenvalue weighted by atomic mass is 35.5. The monoisotopic (exact) mass is 382 g/mol. The summed E-state index contributed by atoms with van der Waals surface area (Å²) in [5.74, 6) is 1.42. The van der Waals surface area contributed by atoms with Crippen molar-refractivity contribution in [3.63, 3.8) is 0 Å². The van der Waals surface area contributed by atoms with Crippen LogP contribution >= 0.6 is 11.6 Å². The number of furan rings is 1. The molecule has 0 fully saturated rings. The van der Waals surface area contributed by atoms with Crippen molar-refractivity contribution in [1.82, 2.24) is 5.43 Å². The Morgan fingerprint density at radius 2 is 1.96 bits per heavy atom. The smallest absolute Gasteiger partial charge is 0.277 e. The van der Waals surface area contributed by atoms with Gasteiger partial charge in [-0.1, -0.05) is 29.8 Å². The number of ether oxygens (including phenoxy) is 1. The maximum atomic E-state index is 11.8. The number of hydrogen-bond acceptors (Lipinski definition) is 4. The number of aryl methyl sites for hydroxylation is 2. The minimum absolute atomic E-state index is 0.122. The molecule has 0 aliphatic carbocycles. The van der Waals surface area contributed by atoms with Gasteiger partial charge >= 0.3 is 0 Å². The first-order valence-corrected chi connectivity index (χ1v) is 8.77. The van der Waals surface area contributed by atoms with Crippen LogP contribution in [0, 0.1) is 13.8 Å². The molecule has 3 rings (SSSR count). The van der Waals surface area contributed by atoms with E-state index >= 15 is 0 Å². The number of halogens is 1. The molecule has 0 saturated carbocycles. The SMILES string of the molecule is Cc1ccc(OCC(=O)N/N=C\c2ccc(-c3ccccc3Cl)o2)cc1C. The number of hydrogen-bond donors (Lipinski definition) is 1. The van der Waals surface area contributed by atoms with E-state index in [1.807, 2.05) is 50.2 Å². The Morgan fingerprint density at radius 1 is 1.15 bits per heavy atom. The van der Waals surface area contributed by atoms with Gasteiger partial charge < -0.3 is 9.15 Å². The minimum atomic E-state index is -0.359. The molecule has 0 atom stereocenters. The third-order valence-corrected chi connectivity index (χ3v) is 4.33. The second kappa shape index (κ2) is 8.56. The van der Waals surface area contributed by atoms with E-state index in [0.29, 0.717) is 22.3 Å². The Hall–Kier alpha value is -3.05. The van der Waals surface area contributed by atoms with Gasteiger partial charge in [0.15, 0.2) is 6.61 Å².